The Morgan fingerprint density at radius 3 is 2.75 bits per heavy atom. The van der Waals surface area contributed by atoms with Crippen LogP contribution in [0.25, 0.3) is 0 Å². The number of quaternary nitrogens is 1. The standard InChI is InChI=1S/C19H23NO4/c1-13-3-5-17(7-14(13)2)22-11-16(21)10-20-9-15-4-6-18-19(8-15)24-12-23-18/h3-8,16,20-21H,9-12H2,1-2H3/p+1/t16-/m0/s1. The van der Waals surface area contributed by atoms with Crippen molar-refractivity contribution in [3.05, 3.63) is 53.1 Å². The Balaban J connectivity index is 1.41. The Morgan fingerprint density at radius 1 is 1.08 bits per heavy atom. The number of rotatable bonds is 7. The molecule has 0 aliphatic carbocycles. The van der Waals surface area contributed by atoms with E-state index in [1.165, 1.54) is 11.1 Å². The van der Waals surface area contributed by atoms with E-state index in [2.05, 4.69) is 19.2 Å². The monoisotopic (exact) mass is 330 g/mol. The predicted molar refractivity (Wildman–Crippen MR) is 90.5 cm³/mol. The smallest absolute Gasteiger partial charge is 0.231 e. The summed E-state index contributed by atoms with van der Waals surface area (Å²) in [6, 6.07) is 11.9. The summed E-state index contributed by atoms with van der Waals surface area (Å²) in [5, 5.41) is 12.1. The quantitative estimate of drug-likeness (QED) is 0.808. The highest BCUT2D eigenvalue weighted by molar-refractivity contribution is 5.44. The molecule has 3 N–H and O–H groups in total. The molecule has 24 heavy (non-hydrogen) atoms. The number of nitrogens with two attached hydrogens (primary N) is 1. The minimum absolute atomic E-state index is 0.289. The highest BCUT2D eigenvalue weighted by Crippen LogP contribution is 2.32. The Kier molecular flexibility index (Phi) is 5.23. The third-order valence-corrected chi connectivity index (χ3v) is 4.18. The molecule has 1 heterocycles. The molecule has 0 radical (unpaired) electrons. The van der Waals surface area contributed by atoms with Crippen LogP contribution in [-0.2, 0) is 6.54 Å². The number of ether oxygens (including phenoxy) is 3. The summed E-state index contributed by atoms with van der Waals surface area (Å²) < 4.78 is 16.3. The van der Waals surface area contributed by atoms with E-state index in [0.717, 1.165) is 29.4 Å². The molecule has 0 unspecified atom stereocenters. The largest absolute Gasteiger partial charge is 0.491 e. The van der Waals surface area contributed by atoms with Gasteiger partial charge in [-0.1, -0.05) is 6.07 Å². The molecule has 0 bridgehead atoms. The maximum atomic E-state index is 10.1. The van der Waals surface area contributed by atoms with Crippen molar-refractivity contribution in [2.75, 3.05) is 19.9 Å². The van der Waals surface area contributed by atoms with Gasteiger partial charge in [0.05, 0.1) is 0 Å². The van der Waals surface area contributed by atoms with Gasteiger partial charge in [-0.2, -0.15) is 0 Å². The highest BCUT2D eigenvalue weighted by atomic mass is 16.7. The first-order valence-electron chi connectivity index (χ1n) is 8.20. The molecule has 2 aromatic rings. The summed E-state index contributed by atoms with van der Waals surface area (Å²) >= 11 is 0. The fourth-order valence-corrected chi connectivity index (χ4v) is 2.57. The van der Waals surface area contributed by atoms with Crippen LogP contribution in [0.2, 0.25) is 0 Å². The summed E-state index contributed by atoms with van der Waals surface area (Å²) in [6.07, 6.45) is -0.513. The number of fused-ring (bicyclic) bond motifs is 1. The van der Waals surface area contributed by atoms with Crippen molar-refractivity contribution in [3.63, 3.8) is 0 Å². The molecule has 0 saturated heterocycles. The van der Waals surface area contributed by atoms with Crippen LogP contribution in [0.1, 0.15) is 16.7 Å². The number of hydrogen-bond donors (Lipinski definition) is 2. The number of aliphatic hydroxyl groups excluding tert-OH is 1. The van der Waals surface area contributed by atoms with E-state index in [4.69, 9.17) is 14.2 Å². The molecule has 0 amide bonds. The Labute approximate surface area is 142 Å². The second-order valence-corrected chi connectivity index (χ2v) is 6.13. The van der Waals surface area contributed by atoms with E-state index < -0.39 is 6.10 Å². The fourth-order valence-electron chi connectivity index (χ4n) is 2.57. The SMILES string of the molecule is Cc1ccc(OC[C@@H](O)C[NH2+]Cc2ccc3c(c2)OCO3)cc1C. The van der Waals surface area contributed by atoms with Crippen molar-refractivity contribution < 1.29 is 24.6 Å². The summed E-state index contributed by atoms with van der Waals surface area (Å²) in [6.45, 7) is 6.06. The first kappa shape index (κ1) is 16.6. The van der Waals surface area contributed by atoms with E-state index in [9.17, 15) is 5.11 Å². The molecule has 0 saturated carbocycles. The van der Waals surface area contributed by atoms with Crippen LogP contribution in [0.3, 0.4) is 0 Å². The molecule has 5 nitrogen and oxygen atoms in total. The molecule has 1 atom stereocenters. The molecule has 0 aromatic heterocycles. The van der Waals surface area contributed by atoms with Gasteiger partial charge >= 0.3 is 0 Å². The average molecular weight is 330 g/mol. The van der Waals surface area contributed by atoms with Crippen LogP contribution in [0, 0.1) is 13.8 Å². The second kappa shape index (κ2) is 7.55. The van der Waals surface area contributed by atoms with E-state index in [1.54, 1.807) is 0 Å². The van der Waals surface area contributed by atoms with Gasteiger partial charge < -0.3 is 24.6 Å². The Bertz CT molecular complexity index is 702. The molecular formula is C19H24NO4+. The minimum atomic E-state index is -0.513. The van der Waals surface area contributed by atoms with Gasteiger partial charge in [-0.05, 0) is 55.3 Å². The van der Waals surface area contributed by atoms with Gasteiger partial charge in [0.1, 0.15) is 31.5 Å². The lowest BCUT2D eigenvalue weighted by molar-refractivity contribution is -0.676. The van der Waals surface area contributed by atoms with Crippen molar-refractivity contribution in [1.82, 2.24) is 0 Å². The molecule has 128 valence electrons. The van der Waals surface area contributed by atoms with E-state index >= 15 is 0 Å². The van der Waals surface area contributed by atoms with Gasteiger partial charge in [0.25, 0.3) is 0 Å². The third-order valence-electron chi connectivity index (χ3n) is 4.18. The maximum Gasteiger partial charge on any atom is 0.231 e. The second-order valence-electron chi connectivity index (χ2n) is 6.13. The zero-order valence-electron chi connectivity index (χ0n) is 14.1. The number of benzene rings is 2. The van der Waals surface area contributed by atoms with Gasteiger partial charge in [0, 0.05) is 5.56 Å². The summed E-state index contributed by atoms with van der Waals surface area (Å²) in [4.78, 5) is 0. The van der Waals surface area contributed by atoms with E-state index in [-0.39, 0.29) is 6.79 Å². The van der Waals surface area contributed by atoms with Crippen molar-refractivity contribution in [1.29, 1.82) is 0 Å². The van der Waals surface area contributed by atoms with Gasteiger partial charge in [-0.25, -0.2) is 0 Å². The van der Waals surface area contributed by atoms with E-state index in [0.29, 0.717) is 13.2 Å². The van der Waals surface area contributed by atoms with Gasteiger partial charge in [-0.15, -0.1) is 0 Å². The first-order chi connectivity index (χ1) is 11.6. The van der Waals surface area contributed by atoms with Crippen LogP contribution < -0.4 is 19.5 Å². The van der Waals surface area contributed by atoms with Gasteiger partial charge in [-0.3, -0.25) is 0 Å². The molecule has 1 aliphatic heterocycles. The van der Waals surface area contributed by atoms with E-state index in [1.807, 2.05) is 36.4 Å². The average Bonchev–Trinajstić information content (AvgIpc) is 3.04. The first-order valence-corrected chi connectivity index (χ1v) is 8.20. The topological polar surface area (TPSA) is 64.5 Å². The van der Waals surface area contributed by atoms with Crippen molar-refractivity contribution in [2.45, 2.75) is 26.5 Å². The van der Waals surface area contributed by atoms with Crippen LogP contribution in [0.15, 0.2) is 36.4 Å². The molecule has 2 aromatic carbocycles. The third kappa shape index (κ3) is 4.19. The zero-order valence-corrected chi connectivity index (χ0v) is 14.1. The van der Waals surface area contributed by atoms with Gasteiger partial charge in [0.15, 0.2) is 11.5 Å². The molecular weight excluding hydrogens is 306 g/mol. The summed E-state index contributed by atoms with van der Waals surface area (Å²) in [7, 11) is 0. The van der Waals surface area contributed by atoms with Gasteiger partial charge in [0.2, 0.25) is 6.79 Å². The molecule has 3 rings (SSSR count). The number of aliphatic hydroxyl groups is 1. The minimum Gasteiger partial charge on any atom is -0.491 e. The molecule has 1 aliphatic rings. The lowest BCUT2D eigenvalue weighted by Gasteiger charge is -2.12. The summed E-state index contributed by atoms with van der Waals surface area (Å²) in [5.41, 5.74) is 3.57. The van der Waals surface area contributed by atoms with Crippen LogP contribution in [0.4, 0.5) is 0 Å². The number of hydrogen-bond acceptors (Lipinski definition) is 4. The molecule has 0 spiro atoms. The Morgan fingerprint density at radius 2 is 1.92 bits per heavy atom. The number of aryl methyl sites for hydroxylation is 2. The molecule has 5 heteroatoms. The highest BCUT2D eigenvalue weighted by Gasteiger charge is 2.14. The molecule has 0 fully saturated rings. The lowest BCUT2D eigenvalue weighted by atomic mass is 10.1. The van der Waals surface area contributed by atoms with Crippen molar-refractivity contribution >= 4 is 0 Å². The predicted octanol–water partition coefficient (Wildman–Crippen LogP) is 1.54. The maximum absolute atomic E-state index is 10.1. The van der Waals surface area contributed by atoms with Crippen LogP contribution in [-0.4, -0.2) is 31.2 Å². The fraction of sp³-hybridized carbons (Fsp3) is 0.368. The van der Waals surface area contributed by atoms with Crippen molar-refractivity contribution in [2.24, 2.45) is 0 Å². The normalized spacial score (nSPS) is 13.8. The summed E-state index contributed by atoms with van der Waals surface area (Å²) in [5.74, 6) is 2.38. The van der Waals surface area contributed by atoms with Crippen LogP contribution in [0.5, 0.6) is 17.2 Å². The zero-order chi connectivity index (χ0) is 16.9. The van der Waals surface area contributed by atoms with Crippen LogP contribution >= 0.6 is 0 Å². The Hall–Kier alpha value is -2.24. The van der Waals surface area contributed by atoms with Crippen molar-refractivity contribution in [3.8, 4) is 17.2 Å². The lowest BCUT2D eigenvalue weighted by Crippen LogP contribution is -2.85.